The first-order valence-electron chi connectivity index (χ1n) is 8.27. The monoisotopic (exact) mass is 295 g/mol. The number of nitrogens with zero attached hydrogens (tertiary/aromatic N) is 1. The third-order valence-corrected chi connectivity index (χ3v) is 4.86. The second kappa shape index (κ2) is 6.64. The van der Waals surface area contributed by atoms with Gasteiger partial charge in [-0.15, -0.1) is 0 Å². The Morgan fingerprint density at radius 3 is 1.82 bits per heavy atom. The molecule has 2 aromatic carbocycles. The number of aliphatic hydroxyl groups is 1. The standard InChI is InChI=1S/C20H25NO/c1-17(21-14-8-9-15-21)16-20(22,18-10-4-2-5-11-18)19-12-6-3-7-13-19/h2-7,10-13,17,22H,8-9,14-16H2,1H3. The lowest BCUT2D eigenvalue weighted by Crippen LogP contribution is -2.39. The van der Waals surface area contributed by atoms with Crippen LogP contribution in [0.1, 0.15) is 37.3 Å². The van der Waals surface area contributed by atoms with Crippen LogP contribution in [0.2, 0.25) is 0 Å². The van der Waals surface area contributed by atoms with Crippen LogP contribution in [0.3, 0.4) is 0 Å². The van der Waals surface area contributed by atoms with Gasteiger partial charge >= 0.3 is 0 Å². The first kappa shape index (κ1) is 15.3. The summed E-state index contributed by atoms with van der Waals surface area (Å²) in [5.74, 6) is 0. The highest BCUT2D eigenvalue weighted by Gasteiger charge is 2.35. The molecule has 1 heterocycles. The first-order valence-corrected chi connectivity index (χ1v) is 8.27. The van der Waals surface area contributed by atoms with E-state index in [2.05, 4.69) is 11.8 Å². The van der Waals surface area contributed by atoms with Crippen molar-refractivity contribution in [1.29, 1.82) is 0 Å². The van der Waals surface area contributed by atoms with E-state index < -0.39 is 5.60 Å². The molecule has 0 amide bonds. The number of benzene rings is 2. The molecule has 116 valence electrons. The van der Waals surface area contributed by atoms with Crippen molar-refractivity contribution >= 4 is 0 Å². The molecule has 1 N–H and O–H groups in total. The molecule has 1 aliphatic rings. The zero-order chi connectivity index (χ0) is 15.4. The quantitative estimate of drug-likeness (QED) is 0.907. The van der Waals surface area contributed by atoms with Crippen molar-refractivity contribution in [2.45, 2.75) is 37.8 Å². The van der Waals surface area contributed by atoms with Crippen molar-refractivity contribution in [3.8, 4) is 0 Å². The molecule has 0 saturated carbocycles. The molecule has 2 heteroatoms. The largest absolute Gasteiger partial charge is 0.380 e. The molecule has 0 radical (unpaired) electrons. The highest BCUT2D eigenvalue weighted by Crippen LogP contribution is 2.35. The summed E-state index contributed by atoms with van der Waals surface area (Å²) in [5.41, 5.74) is 1.03. The van der Waals surface area contributed by atoms with Crippen LogP contribution in [0.5, 0.6) is 0 Å². The summed E-state index contributed by atoms with van der Waals surface area (Å²) in [6, 6.07) is 20.5. The molecule has 0 aromatic heterocycles. The van der Waals surface area contributed by atoms with E-state index in [1.165, 1.54) is 12.8 Å². The summed E-state index contributed by atoms with van der Waals surface area (Å²) in [6.07, 6.45) is 3.28. The molecule has 1 aliphatic heterocycles. The van der Waals surface area contributed by atoms with Crippen LogP contribution in [0.15, 0.2) is 60.7 Å². The van der Waals surface area contributed by atoms with Crippen molar-refractivity contribution in [3.63, 3.8) is 0 Å². The highest BCUT2D eigenvalue weighted by atomic mass is 16.3. The van der Waals surface area contributed by atoms with Crippen LogP contribution < -0.4 is 0 Å². The summed E-state index contributed by atoms with van der Waals surface area (Å²) in [7, 11) is 0. The van der Waals surface area contributed by atoms with Gasteiger partial charge in [-0.2, -0.15) is 0 Å². The van der Waals surface area contributed by atoms with E-state index in [0.29, 0.717) is 6.04 Å². The second-order valence-corrected chi connectivity index (χ2v) is 6.39. The Morgan fingerprint density at radius 1 is 0.909 bits per heavy atom. The Labute approximate surface area is 133 Å². The van der Waals surface area contributed by atoms with Crippen LogP contribution in [0, 0.1) is 0 Å². The summed E-state index contributed by atoms with van der Waals surface area (Å²) in [6.45, 7) is 4.55. The first-order chi connectivity index (χ1) is 10.7. The fourth-order valence-electron chi connectivity index (χ4n) is 3.57. The molecule has 1 atom stereocenters. The highest BCUT2D eigenvalue weighted by molar-refractivity contribution is 5.36. The Morgan fingerprint density at radius 2 is 1.36 bits per heavy atom. The van der Waals surface area contributed by atoms with Gasteiger partial charge in [0.25, 0.3) is 0 Å². The maximum Gasteiger partial charge on any atom is 0.116 e. The minimum atomic E-state index is -0.926. The molecule has 0 spiro atoms. The molecule has 3 rings (SSSR count). The average molecular weight is 295 g/mol. The van der Waals surface area contributed by atoms with E-state index in [4.69, 9.17) is 0 Å². The predicted molar refractivity (Wildman–Crippen MR) is 90.8 cm³/mol. The molecule has 22 heavy (non-hydrogen) atoms. The van der Waals surface area contributed by atoms with Gasteiger partial charge in [-0.3, -0.25) is 0 Å². The summed E-state index contributed by atoms with van der Waals surface area (Å²) in [4.78, 5) is 2.50. The molecular formula is C20H25NO. The van der Waals surface area contributed by atoms with E-state index in [9.17, 15) is 5.11 Å². The van der Waals surface area contributed by atoms with Gasteiger partial charge in [0.1, 0.15) is 5.60 Å². The summed E-state index contributed by atoms with van der Waals surface area (Å²) < 4.78 is 0. The van der Waals surface area contributed by atoms with Crippen LogP contribution in [0.25, 0.3) is 0 Å². The van der Waals surface area contributed by atoms with E-state index in [0.717, 1.165) is 30.6 Å². The van der Waals surface area contributed by atoms with Gasteiger partial charge in [0.2, 0.25) is 0 Å². The molecular weight excluding hydrogens is 270 g/mol. The zero-order valence-electron chi connectivity index (χ0n) is 13.3. The second-order valence-electron chi connectivity index (χ2n) is 6.39. The Kier molecular flexibility index (Phi) is 4.60. The minimum absolute atomic E-state index is 0.368. The lowest BCUT2D eigenvalue weighted by atomic mass is 9.81. The zero-order valence-corrected chi connectivity index (χ0v) is 13.3. The summed E-state index contributed by atoms with van der Waals surface area (Å²) >= 11 is 0. The van der Waals surface area contributed by atoms with Crippen LogP contribution >= 0.6 is 0 Å². The molecule has 1 unspecified atom stereocenters. The van der Waals surface area contributed by atoms with Crippen molar-refractivity contribution in [2.24, 2.45) is 0 Å². The van der Waals surface area contributed by atoms with Gasteiger partial charge in [0.05, 0.1) is 0 Å². The maximum atomic E-state index is 11.6. The van der Waals surface area contributed by atoms with Crippen molar-refractivity contribution in [1.82, 2.24) is 4.90 Å². The van der Waals surface area contributed by atoms with Crippen LogP contribution in [-0.4, -0.2) is 29.1 Å². The molecule has 2 aromatic rings. The van der Waals surface area contributed by atoms with Gasteiger partial charge in [0.15, 0.2) is 0 Å². The van der Waals surface area contributed by atoms with Gasteiger partial charge < -0.3 is 10.0 Å². The van der Waals surface area contributed by atoms with Gasteiger partial charge in [-0.1, -0.05) is 60.7 Å². The van der Waals surface area contributed by atoms with Gasteiger partial charge in [0, 0.05) is 6.04 Å². The molecule has 2 nitrogen and oxygen atoms in total. The van der Waals surface area contributed by atoms with E-state index in [-0.39, 0.29) is 0 Å². The normalized spacial score (nSPS) is 17.5. The van der Waals surface area contributed by atoms with E-state index >= 15 is 0 Å². The van der Waals surface area contributed by atoms with E-state index in [1.807, 2.05) is 60.7 Å². The smallest absolute Gasteiger partial charge is 0.116 e. The lowest BCUT2D eigenvalue weighted by Gasteiger charge is -2.35. The number of likely N-dealkylation sites (tertiary alicyclic amines) is 1. The maximum absolute atomic E-state index is 11.6. The van der Waals surface area contributed by atoms with Crippen molar-refractivity contribution in [2.75, 3.05) is 13.1 Å². The number of rotatable bonds is 5. The summed E-state index contributed by atoms with van der Waals surface area (Å²) in [5, 5.41) is 11.6. The SMILES string of the molecule is CC(CC(O)(c1ccccc1)c1ccccc1)N1CCCC1. The molecule has 1 saturated heterocycles. The van der Waals surface area contributed by atoms with Crippen LogP contribution in [0.4, 0.5) is 0 Å². The van der Waals surface area contributed by atoms with E-state index in [1.54, 1.807) is 0 Å². The Bertz CT molecular complexity index is 536. The molecule has 0 bridgehead atoms. The van der Waals surface area contributed by atoms with Gasteiger partial charge in [-0.05, 0) is 50.4 Å². The third kappa shape index (κ3) is 3.08. The Hall–Kier alpha value is -1.64. The van der Waals surface area contributed by atoms with Crippen LogP contribution in [-0.2, 0) is 5.60 Å². The molecule has 0 aliphatic carbocycles. The van der Waals surface area contributed by atoms with Crippen molar-refractivity contribution < 1.29 is 5.11 Å². The number of hydrogen-bond donors (Lipinski definition) is 1. The fraction of sp³-hybridized carbons (Fsp3) is 0.400. The van der Waals surface area contributed by atoms with Gasteiger partial charge in [-0.25, -0.2) is 0 Å². The number of hydrogen-bond acceptors (Lipinski definition) is 2. The third-order valence-electron chi connectivity index (χ3n) is 4.86. The average Bonchev–Trinajstić information content (AvgIpc) is 3.11. The topological polar surface area (TPSA) is 23.5 Å². The lowest BCUT2D eigenvalue weighted by molar-refractivity contribution is 0.0417. The Balaban J connectivity index is 1.93. The molecule has 1 fully saturated rings. The fourth-order valence-corrected chi connectivity index (χ4v) is 3.57. The minimum Gasteiger partial charge on any atom is -0.380 e. The van der Waals surface area contributed by atoms with Crippen molar-refractivity contribution in [3.05, 3.63) is 71.8 Å². The predicted octanol–water partition coefficient (Wildman–Crippen LogP) is 3.80.